The molecule has 4 rings (SSSR count). The van der Waals surface area contributed by atoms with Gasteiger partial charge in [0, 0.05) is 12.1 Å². The molecule has 8 heteroatoms. The Labute approximate surface area is 154 Å². The highest BCUT2D eigenvalue weighted by atomic mass is 32.1. The van der Waals surface area contributed by atoms with Crippen LogP contribution in [0.15, 0.2) is 22.7 Å². The van der Waals surface area contributed by atoms with Gasteiger partial charge in [-0.25, -0.2) is 4.98 Å². The van der Waals surface area contributed by atoms with Gasteiger partial charge < -0.3 is 9.84 Å². The number of rotatable bonds is 3. The Morgan fingerprint density at radius 1 is 1.46 bits per heavy atom. The maximum absolute atomic E-state index is 12.6. The number of hydrogen-bond donors (Lipinski definition) is 1. The smallest absolute Gasteiger partial charge is 0.246 e. The van der Waals surface area contributed by atoms with E-state index < -0.39 is 0 Å². The van der Waals surface area contributed by atoms with Crippen LogP contribution in [-0.2, 0) is 4.79 Å². The molecule has 1 N–H and O–H groups in total. The van der Waals surface area contributed by atoms with Gasteiger partial charge in [0.05, 0.1) is 21.8 Å². The van der Waals surface area contributed by atoms with Crippen molar-refractivity contribution in [3.63, 3.8) is 0 Å². The average molecular weight is 367 g/mol. The lowest BCUT2D eigenvalue weighted by molar-refractivity contribution is -0.121. The lowest BCUT2D eigenvalue weighted by Crippen LogP contribution is -2.33. The van der Waals surface area contributed by atoms with Gasteiger partial charge in [0.15, 0.2) is 6.19 Å². The number of carbonyl (C=O) groups excluding carboxylic acids is 1. The number of nitrogens with zero attached hydrogens (tertiary/aromatic N) is 4. The van der Waals surface area contributed by atoms with Crippen LogP contribution in [0.3, 0.4) is 0 Å². The monoisotopic (exact) mass is 367 g/mol. The molecule has 0 bridgehead atoms. The molecule has 0 unspecified atom stereocenters. The molecule has 1 fully saturated rings. The van der Waals surface area contributed by atoms with Crippen molar-refractivity contribution < 1.29 is 9.32 Å². The first-order valence-electron chi connectivity index (χ1n) is 8.36. The number of carbonyl (C=O) groups is 1. The predicted octanol–water partition coefficient (Wildman–Crippen LogP) is 2.99. The number of nitriles is 1. The van der Waals surface area contributed by atoms with E-state index in [9.17, 15) is 10.1 Å². The number of amides is 1. The summed E-state index contributed by atoms with van der Waals surface area (Å²) >= 11 is 1.34. The fraction of sp³-hybridized carbons (Fsp3) is 0.333. The molecule has 1 aliphatic heterocycles. The number of aromatic nitrogens is 2. The summed E-state index contributed by atoms with van der Waals surface area (Å²) < 4.78 is 6.16. The van der Waals surface area contributed by atoms with Crippen LogP contribution in [0, 0.1) is 31.2 Å². The minimum Gasteiger partial charge on any atom is -0.361 e. The number of aryl methyl sites for hydroxylation is 2. The van der Waals surface area contributed by atoms with Gasteiger partial charge in [0.1, 0.15) is 5.76 Å². The standard InChI is InChI=1S/C18H17N5O2S/c1-10-16(11(2)25-22-10)12-3-4-14-15(7-12)26-18(21-14)23(9-19)17(24)13-5-6-20-8-13/h3-4,7,13,20H,5-6,8H2,1-2H3/t13-/m0/s1. The number of hydrogen-bond acceptors (Lipinski definition) is 7. The Hall–Kier alpha value is -2.76. The molecule has 1 amide bonds. The predicted molar refractivity (Wildman–Crippen MR) is 98.7 cm³/mol. The number of nitrogens with one attached hydrogen (secondary N) is 1. The van der Waals surface area contributed by atoms with Gasteiger partial charge in [-0.2, -0.15) is 10.2 Å². The topological polar surface area (TPSA) is 95.1 Å². The lowest BCUT2D eigenvalue weighted by atomic mass is 10.0. The summed E-state index contributed by atoms with van der Waals surface area (Å²) in [5.41, 5.74) is 3.54. The highest BCUT2D eigenvalue weighted by Crippen LogP contribution is 2.34. The largest absolute Gasteiger partial charge is 0.361 e. The van der Waals surface area contributed by atoms with Crippen molar-refractivity contribution in [2.75, 3.05) is 18.0 Å². The van der Waals surface area contributed by atoms with E-state index >= 15 is 0 Å². The van der Waals surface area contributed by atoms with E-state index in [-0.39, 0.29) is 11.8 Å². The molecular weight excluding hydrogens is 350 g/mol. The van der Waals surface area contributed by atoms with Gasteiger partial charge in [-0.1, -0.05) is 22.6 Å². The van der Waals surface area contributed by atoms with E-state index in [1.165, 1.54) is 11.3 Å². The molecule has 1 atom stereocenters. The number of anilines is 1. The van der Waals surface area contributed by atoms with E-state index in [1.807, 2.05) is 38.2 Å². The Kier molecular flexibility index (Phi) is 4.18. The van der Waals surface area contributed by atoms with Gasteiger partial charge in [-0.15, -0.1) is 0 Å². The quantitative estimate of drug-likeness (QED) is 0.565. The van der Waals surface area contributed by atoms with Crippen LogP contribution < -0.4 is 10.2 Å². The maximum Gasteiger partial charge on any atom is 0.246 e. The molecule has 132 valence electrons. The van der Waals surface area contributed by atoms with Crippen LogP contribution in [0.2, 0.25) is 0 Å². The molecule has 0 aliphatic carbocycles. The molecule has 1 saturated heterocycles. The Morgan fingerprint density at radius 2 is 2.31 bits per heavy atom. The third-order valence-corrected chi connectivity index (χ3v) is 5.62. The van der Waals surface area contributed by atoms with Gasteiger partial charge in [0.2, 0.25) is 11.0 Å². The van der Waals surface area contributed by atoms with E-state index in [2.05, 4.69) is 15.5 Å². The van der Waals surface area contributed by atoms with Crippen LogP contribution in [0.5, 0.6) is 0 Å². The molecule has 1 aromatic carbocycles. The van der Waals surface area contributed by atoms with Crippen LogP contribution in [0.4, 0.5) is 5.13 Å². The molecule has 0 radical (unpaired) electrons. The Bertz CT molecular complexity index is 1010. The van der Waals surface area contributed by atoms with Crippen LogP contribution in [0.25, 0.3) is 21.3 Å². The van der Waals surface area contributed by atoms with Crippen LogP contribution >= 0.6 is 11.3 Å². The summed E-state index contributed by atoms with van der Waals surface area (Å²) in [7, 11) is 0. The molecule has 26 heavy (non-hydrogen) atoms. The van der Waals surface area contributed by atoms with Crippen molar-refractivity contribution in [2.45, 2.75) is 20.3 Å². The van der Waals surface area contributed by atoms with E-state index in [1.54, 1.807) is 0 Å². The summed E-state index contributed by atoms with van der Waals surface area (Å²) in [6.45, 7) is 5.19. The Balaban J connectivity index is 1.71. The van der Waals surface area contributed by atoms with Crippen LogP contribution in [0.1, 0.15) is 17.9 Å². The Morgan fingerprint density at radius 3 is 2.96 bits per heavy atom. The maximum atomic E-state index is 12.6. The highest BCUT2D eigenvalue weighted by Gasteiger charge is 2.30. The van der Waals surface area contributed by atoms with Crippen molar-refractivity contribution in [3.8, 4) is 17.3 Å². The molecule has 3 heterocycles. The second-order valence-corrected chi connectivity index (χ2v) is 7.35. The summed E-state index contributed by atoms with van der Waals surface area (Å²) in [6.07, 6.45) is 2.74. The van der Waals surface area contributed by atoms with E-state index in [0.29, 0.717) is 11.7 Å². The third kappa shape index (κ3) is 2.75. The van der Waals surface area contributed by atoms with Gasteiger partial charge in [0.25, 0.3) is 0 Å². The fourth-order valence-corrected chi connectivity index (χ4v) is 4.26. The van der Waals surface area contributed by atoms with Gasteiger partial charge >= 0.3 is 0 Å². The molecule has 0 spiro atoms. The van der Waals surface area contributed by atoms with E-state index in [0.717, 1.165) is 50.7 Å². The van der Waals surface area contributed by atoms with E-state index in [4.69, 9.17) is 4.52 Å². The minimum atomic E-state index is -0.192. The normalized spacial score (nSPS) is 16.7. The summed E-state index contributed by atoms with van der Waals surface area (Å²) in [4.78, 5) is 18.2. The zero-order valence-corrected chi connectivity index (χ0v) is 15.3. The lowest BCUT2D eigenvalue weighted by Gasteiger charge is -2.14. The van der Waals surface area contributed by atoms with Crippen molar-refractivity contribution >= 4 is 32.6 Å². The first-order chi connectivity index (χ1) is 12.6. The molecule has 1 aliphatic rings. The fourth-order valence-electron chi connectivity index (χ4n) is 3.29. The van der Waals surface area contributed by atoms with Gasteiger partial charge in [-0.05, 0) is 44.5 Å². The molecule has 0 saturated carbocycles. The second-order valence-electron chi connectivity index (χ2n) is 6.34. The van der Waals surface area contributed by atoms with Crippen molar-refractivity contribution in [2.24, 2.45) is 5.92 Å². The van der Waals surface area contributed by atoms with Crippen LogP contribution in [-0.4, -0.2) is 29.1 Å². The molecule has 3 aromatic rings. The molecule has 2 aromatic heterocycles. The minimum absolute atomic E-state index is 0.167. The van der Waals surface area contributed by atoms with Gasteiger partial charge in [-0.3, -0.25) is 4.79 Å². The number of thiazole rings is 1. The van der Waals surface area contributed by atoms with Crippen molar-refractivity contribution in [3.05, 3.63) is 29.7 Å². The summed E-state index contributed by atoms with van der Waals surface area (Å²) in [6, 6.07) is 5.85. The second kappa shape index (κ2) is 6.52. The zero-order valence-electron chi connectivity index (χ0n) is 14.4. The molecular formula is C18H17N5O2S. The number of fused-ring (bicyclic) bond motifs is 1. The van der Waals surface area contributed by atoms with Crippen molar-refractivity contribution in [1.82, 2.24) is 15.5 Å². The summed E-state index contributed by atoms with van der Waals surface area (Å²) in [5.74, 6) is 0.399. The summed E-state index contributed by atoms with van der Waals surface area (Å²) in [5, 5.41) is 17.1. The SMILES string of the molecule is Cc1noc(C)c1-c1ccc2nc(N(C#N)C(=O)[C@H]3CCNC3)sc2c1. The number of benzene rings is 1. The first kappa shape index (κ1) is 16.7. The first-order valence-corrected chi connectivity index (χ1v) is 9.18. The zero-order chi connectivity index (χ0) is 18.3. The molecule has 7 nitrogen and oxygen atoms in total. The van der Waals surface area contributed by atoms with Crippen molar-refractivity contribution in [1.29, 1.82) is 5.26 Å². The highest BCUT2D eigenvalue weighted by molar-refractivity contribution is 7.22. The average Bonchev–Trinajstić information content (AvgIpc) is 3.35. The third-order valence-electron chi connectivity index (χ3n) is 4.62.